The van der Waals surface area contributed by atoms with Gasteiger partial charge in [0.25, 0.3) is 0 Å². The lowest BCUT2D eigenvalue weighted by atomic mass is 9.92. The molecule has 0 aliphatic heterocycles. The number of carbonyl (C=O) groups excluding carboxylic acids is 1. The molecule has 0 saturated heterocycles. The molecule has 4 aromatic rings. The van der Waals surface area contributed by atoms with E-state index in [9.17, 15) is 4.79 Å². The fourth-order valence-electron chi connectivity index (χ4n) is 4.44. The number of carbonyl (C=O) groups is 1. The van der Waals surface area contributed by atoms with E-state index in [1.807, 2.05) is 6.07 Å². The summed E-state index contributed by atoms with van der Waals surface area (Å²) in [6.07, 6.45) is 4.53. The van der Waals surface area contributed by atoms with Gasteiger partial charge in [0.2, 0.25) is 0 Å². The van der Waals surface area contributed by atoms with E-state index in [2.05, 4.69) is 44.8 Å². The number of ether oxygens (including phenoxy) is 1. The molecular formula is C24H27N5O2. The minimum Gasteiger partial charge on any atom is -0.427 e. The van der Waals surface area contributed by atoms with Crippen LogP contribution in [-0.4, -0.2) is 33.2 Å². The van der Waals surface area contributed by atoms with E-state index >= 15 is 0 Å². The fraction of sp³-hybridized carbons (Fsp3) is 0.333. The largest absolute Gasteiger partial charge is 0.427 e. The molecule has 5 rings (SSSR count). The lowest BCUT2D eigenvalue weighted by Crippen LogP contribution is -2.36. The molecule has 2 aromatic heterocycles. The van der Waals surface area contributed by atoms with Crippen LogP contribution in [0.15, 0.2) is 42.5 Å². The molecule has 1 aliphatic rings. The Bertz CT molecular complexity index is 1230. The summed E-state index contributed by atoms with van der Waals surface area (Å²) in [5, 5.41) is 13.3. The van der Waals surface area contributed by atoms with Gasteiger partial charge in [0, 0.05) is 47.9 Å². The number of hydrogen-bond donors (Lipinski definition) is 4. The Balaban J connectivity index is 1.35. The van der Waals surface area contributed by atoms with E-state index < -0.39 is 0 Å². The zero-order valence-corrected chi connectivity index (χ0v) is 17.6. The molecular weight excluding hydrogens is 390 g/mol. The maximum absolute atomic E-state index is 11.2. The quantitative estimate of drug-likeness (QED) is 0.290. The Hall–Kier alpha value is -3.16. The Morgan fingerprint density at radius 3 is 2.77 bits per heavy atom. The van der Waals surface area contributed by atoms with Gasteiger partial charge in [-0.25, -0.2) is 0 Å². The highest BCUT2D eigenvalue weighted by Gasteiger charge is 2.18. The summed E-state index contributed by atoms with van der Waals surface area (Å²) in [6.45, 7) is 2.25. The van der Waals surface area contributed by atoms with Gasteiger partial charge in [0.1, 0.15) is 11.4 Å². The van der Waals surface area contributed by atoms with Gasteiger partial charge in [-0.1, -0.05) is 6.07 Å². The SMILES string of the molecule is CC(=O)Oc1ccc2c(-c3cc4cc(CNC5CCC(N)CC5)ccc4[nH]3)n[nH]c2c1. The minimum atomic E-state index is -0.341. The number of hydrogen-bond acceptors (Lipinski definition) is 5. The Morgan fingerprint density at radius 2 is 1.97 bits per heavy atom. The maximum Gasteiger partial charge on any atom is 0.308 e. The predicted octanol–water partition coefficient (Wildman–Crippen LogP) is 4.00. The molecule has 5 N–H and O–H groups in total. The van der Waals surface area contributed by atoms with Crippen LogP contribution in [0.1, 0.15) is 38.2 Å². The number of nitrogens with two attached hydrogens (primary N) is 1. The Labute approximate surface area is 180 Å². The Morgan fingerprint density at radius 1 is 1.13 bits per heavy atom. The van der Waals surface area contributed by atoms with Crippen molar-refractivity contribution in [3.05, 3.63) is 48.0 Å². The third-order valence-corrected chi connectivity index (χ3v) is 6.10. The number of rotatable bonds is 5. The molecule has 0 atom stereocenters. The number of esters is 1. The van der Waals surface area contributed by atoms with Crippen molar-refractivity contribution in [2.45, 2.75) is 51.2 Å². The van der Waals surface area contributed by atoms with E-state index in [-0.39, 0.29) is 5.97 Å². The second-order valence-corrected chi connectivity index (χ2v) is 8.47. The topological polar surface area (TPSA) is 109 Å². The molecule has 1 saturated carbocycles. The first-order valence-corrected chi connectivity index (χ1v) is 10.8. The molecule has 1 fully saturated rings. The van der Waals surface area contributed by atoms with Crippen LogP contribution < -0.4 is 15.8 Å². The summed E-state index contributed by atoms with van der Waals surface area (Å²) in [5.74, 6) is 0.163. The molecule has 2 aromatic carbocycles. The smallest absolute Gasteiger partial charge is 0.308 e. The summed E-state index contributed by atoms with van der Waals surface area (Å²) < 4.78 is 5.16. The minimum absolute atomic E-state index is 0.341. The highest BCUT2D eigenvalue weighted by Crippen LogP contribution is 2.31. The van der Waals surface area contributed by atoms with E-state index in [0.717, 1.165) is 65.4 Å². The van der Waals surface area contributed by atoms with Gasteiger partial charge in [0.15, 0.2) is 0 Å². The monoisotopic (exact) mass is 417 g/mol. The third-order valence-electron chi connectivity index (χ3n) is 6.10. The summed E-state index contributed by atoms with van der Waals surface area (Å²) in [7, 11) is 0. The number of aromatic amines is 2. The van der Waals surface area contributed by atoms with Gasteiger partial charge in [-0.05, 0) is 61.6 Å². The number of aromatic nitrogens is 3. The van der Waals surface area contributed by atoms with Gasteiger partial charge in [-0.3, -0.25) is 9.89 Å². The van der Waals surface area contributed by atoms with Crippen molar-refractivity contribution in [2.75, 3.05) is 0 Å². The first kappa shape index (κ1) is 19.8. The number of nitrogens with zero attached hydrogens (tertiary/aromatic N) is 1. The Kier molecular flexibility index (Phi) is 5.21. The average molecular weight is 418 g/mol. The van der Waals surface area contributed by atoms with Crippen molar-refractivity contribution >= 4 is 27.8 Å². The highest BCUT2D eigenvalue weighted by atomic mass is 16.5. The van der Waals surface area contributed by atoms with E-state index in [4.69, 9.17) is 10.5 Å². The van der Waals surface area contributed by atoms with Crippen LogP contribution in [0.25, 0.3) is 33.2 Å². The number of H-pyrrole nitrogens is 2. The summed E-state index contributed by atoms with van der Waals surface area (Å²) in [6, 6.07) is 15.1. The third kappa shape index (κ3) is 4.19. The van der Waals surface area contributed by atoms with Crippen molar-refractivity contribution in [1.82, 2.24) is 20.5 Å². The van der Waals surface area contributed by atoms with Crippen LogP contribution in [0.5, 0.6) is 5.75 Å². The van der Waals surface area contributed by atoms with E-state index in [1.54, 1.807) is 12.1 Å². The van der Waals surface area contributed by atoms with Crippen LogP contribution in [-0.2, 0) is 11.3 Å². The van der Waals surface area contributed by atoms with Crippen molar-refractivity contribution in [3.8, 4) is 17.1 Å². The first-order valence-electron chi connectivity index (χ1n) is 10.8. The normalized spacial score (nSPS) is 19.2. The number of fused-ring (bicyclic) bond motifs is 2. The van der Waals surface area contributed by atoms with E-state index in [0.29, 0.717) is 17.8 Å². The second kappa shape index (κ2) is 8.17. The zero-order chi connectivity index (χ0) is 21.4. The van der Waals surface area contributed by atoms with Gasteiger partial charge in [0.05, 0.1) is 11.2 Å². The van der Waals surface area contributed by atoms with Crippen LogP contribution in [0, 0.1) is 0 Å². The van der Waals surface area contributed by atoms with Gasteiger partial charge >= 0.3 is 5.97 Å². The lowest BCUT2D eigenvalue weighted by molar-refractivity contribution is -0.131. The number of benzene rings is 2. The van der Waals surface area contributed by atoms with Crippen molar-refractivity contribution < 1.29 is 9.53 Å². The fourth-order valence-corrected chi connectivity index (χ4v) is 4.44. The van der Waals surface area contributed by atoms with Crippen molar-refractivity contribution in [1.29, 1.82) is 0 Å². The molecule has 2 heterocycles. The summed E-state index contributed by atoms with van der Waals surface area (Å²) in [5.41, 5.74) is 11.0. The van der Waals surface area contributed by atoms with Crippen LogP contribution in [0.3, 0.4) is 0 Å². The molecule has 0 bridgehead atoms. The molecule has 7 heteroatoms. The molecule has 0 spiro atoms. The number of nitrogens with one attached hydrogen (secondary N) is 3. The summed E-state index contributed by atoms with van der Waals surface area (Å²) >= 11 is 0. The molecule has 0 unspecified atom stereocenters. The maximum atomic E-state index is 11.2. The van der Waals surface area contributed by atoms with E-state index in [1.165, 1.54) is 12.5 Å². The van der Waals surface area contributed by atoms with Gasteiger partial charge in [-0.15, -0.1) is 0 Å². The summed E-state index contributed by atoms with van der Waals surface area (Å²) in [4.78, 5) is 14.7. The average Bonchev–Trinajstić information content (AvgIpc) is 3.36. The van der Waals surface area contributed by atoms with Crippen molar-refractivity contribution in [3.63, 3.8) is 0 Å². The lowest BCUT2D eigenvalue weighted by Gasteiger charge is -2.27. The molecule has 31 heavy (non-hydrogen) atoms. The van der Waals surface area contributed by atoms with Gasteiger partial charge in [-0.2, -0.15) is 5.10 Å². The first-order chi connectivity index (χ1) is 15.0. The standard InChI is InChI=1S/C24H27N5O2/c1-14(30)31-19-7-8-20-22(12-19)28-29-24(20)23-11-16-10-15(2-9-21(16)27-23)13-26-18-5-3-17(25)4-6-18/h2,7-12,17-18,26-27H,3-6,13,25H2,1H3,(H,28,29). The van der Waals surface area contributed by atoms with Crippen LogP contribution >= 0.6 is 0 Å². The van der Waals surface area contributed by atoms with Gasteiger partial charge < -0.3 is 20.8 Å². The molecule has 1 aliphatic carbocycles. The molecule has 0 radical (unpaired) electrons. The highest BCUT2D eigenvalue weighted by molar-refractivity contribution is 5.96. The van der Waals surface area contributed by atoms with Crippen LogP contribution in [0.4, 0.5) is 0 Å². The molecule has 160 valence electrons. The predicted molar refractivity (Wildman–Crippen MR) is 122 cm³/mol. The van der Waals surface area contributed by atoms with Crippen molar-refractivity contribution in [2.24, 2.45) is 5.73 Å². The zero-order valence-electron chi connectivity index (χ0n) is 17.6. The molecule has 7 nitrogen and oxygen atoms in total. The van der Waals surface area contributed by atoms with Crippen LogP contribution in [0.2, 0.25) is 0 Å². The molecule has 0 amide bonds. The second-order valence-electron chi connectivity index (χ2n) is 8.47.